The Bertz CT molecular complexity index is 2390. The van der Waals surface area contributed by atoms with E-state index in [1.54, 1.807) is 79.7 Å². The van der Waals surface area contributed by atoms with Crippen molar-refractivity contribution >= 4 is 34.8 Å². The van der Waals surface area contributed by atoms with Gasteiger partial charge in [-0.25, -0.2) is 0 Å². The highest BCUT2D eigenvalue weighted by Crippen LogP contribution is 2.56. The van der Waals surface area contributed by atoms with Crippen molar-refractivity contribution in [1.29, 1.82) is 0 Å². The lowest BCUT2D eigenvalue weighted by Gasteiger charge is -2.38. The Labute approximate surface area is 353 Å². The van der Waals surface area contributed by atoms with Gasteiger partial charge in [0.1, 0.15) is 23.4 Å². The van der Waals surface area contributed by atoms with Crippen LogP contribution in [0.4, 0.5) is 26.3 Å². The maximum absolute atomic E-state index is 15.0. The van der Waals surface area contributed by atoms with Crippen LogP contribution in [0.25, 0.3) is 0 Å². The molecule has 0 aromatic heterocycles. The summed E-state index contributed by atoms with van der Waals surface area (Å²) in [7, 11) is 0. The molecule has 0 saturated heterocycles. The number of hydrogen-bond acceptors (Lipinski definition) is 4. The Kier molecular flexibility index (Phi) is 12.9. The Morgan fingerprint density at radius 2 is 0.883 bits per heavy atom. The van der Waals surface area contributed by atoms with E-state index in [0.29, 0.717) is 45.7 Å². The van der Waals surface area contributed by atoms with E-state index in [9.17, 15) is 35.9 Å². The molecule has 0 aliphatic rings. The minimum atomic E-state index is -5.81. The summed E-state index contributed by atoms with van der Waals surface area (Å²) < 4.78 is 102. The summed E-state index contributed by atoms with van der Waals surface area (Å²) in [5.74, 6) is -0.264. The molecule has 2 atom stereocenters. The van der Waals surface area contributed by atoms with Crippen LogP contribution in [0.15, 0.2) is 146 Å². The van der Waals surface area contributed by atoms with Crippen LogP contribution in [0.5, 0.6) is 17.2 Å². The molecule has 0 N–H and O–H groups in total. The molecule has 0 bridgehead atoms. The topological polar surface area (TPSA) is 52.6 Å². The number of carbonyl (C=O) groups is 2. The number of ether oxygens (including phenoxy) is 2. The zero-order valence-corrected chi connectivity index (χ0v) is 34.0. The van der Waals surface area contributed by atoms with Gasteiger partial charge in [-0.15, -0.1) is 11.6 Å². The number of alkyl halides is 7. The van der Waals surface area contributed by atoms with Crippen molar-refractivity contribution in [2.75, 3.05) is 0 Å². The predicted octanol–water partition coefficient (Wildman–Crippen LogP) is 14.4. The monoisotopic (exact) mass is 862 g/mol. The number of hydrogen-bond donors (Lipinski definition) is 0. The van der Waals surface area contributed by atoms with E-state index < -0.39 is 39.9 Å². The van der Waals surface area contributed by atoms with Crippen molar-refractivity contribution in [3.05, 3.63) is 195 Å². The third kappa shape index (κ3) is 9.10. The summed E-state index contributed by atoms with van der Waals surface area (Å²) in [5, 5.41) is 0.488. The van der Waals surface area contributed by atoms with Crippen molar-refractivity contribution < 1.29 is 45.4 Å². The second kappa shape index (κ2) is 17.6. The number of benzene rings is 6. The van der Waals surface area contributed by atoms with Gasteiger partial charge in [0.05, 0.1) is 4.87 Å². The van der Waals surface area contributed by atoms with Crippen molar-refractivity contribution in [2.45, 2.75) is 62.4 Å². The van der Waals surface area contributed by atoms with Crippen LogP contribution in [-0.4, -0.2) is 23.9 Å². The van der Waals surface area contributed by atoms with Gasteiger partial charge in [-0.3, -0.25) is 9.59 Å². The fourth-order valence-corrected chi connectivity index (χ4v) is 7.11. The smallest absolute Gasteiger partial charge is 0.411 e. The first-order valence-electron chi connectivity index (χ1n) is 18.9. The van der Waals surface area contributed by atoms with Crippen molar-refractivity contribution in [3.63, 3.8) is 0 Å². The van der Waals surface area contributed by atoms with Gasteiger partial charge in [-0.05, 0) is 115 Å². The molecule has 4 nitrogen and oxygen atoms in total. The van der Waals surface area contributed by atoms with Crippen molar-refractivity contribution in [1.82, 2.24) is 0 Å². The third-order valence-corrected chi connectivity index (χ3v) is 11.2. The quantitative estimate of drug-likeness (QED) is 0.0622. The Balaban J connectivity index is 1.18. The summed E-state index contributed by atoms with van der Waals surface area (Å²) in [5.41, 5.74) is -3.38. The van der Waals surface area contributed by atoms with Crippen LogP contribution < -0.4 is 9.47 Å². The van der Waals surface area contributed by atoms with Crippen LogP contribution in [0, 0.1) is 0 Å². The van der Waals surface area contributed by atoms with Gasteiger partial charge in [0, 0.05) is 27.3 Å². The molecule has 0 aliphatic heterocycles. The minimum absolute atomic E-state index is 0.0246. The molecule has 6 rings (SSSR count). The SMILES string of the molecule is CCC(Oc1ccc(C(c2ccc(Oc3ccc(C(=O)c4ccc(C(C)(Cl)CC)cc4)cc3)cc2)(C(F)(F)F)C(F)(F)F)cc1)c1ccc(C(=O)c2ccc(Cl)cc2)cc1. The lowest BCUT2D eigenvalue weighted by Crippen LogP contribution is -2.54. The summed E-state index contributed by atoms with van der Waals surface area (Å²) in [6, 6.07) is 33.1. The molecule has 0 aliphatic carbocycles. The normalized spacial score (nSPS) is 13.6. The molecule has 0 saturated carbocycles. The van der Waals surface area contributed by atoms with Crippen molar-refractivity contribution in [3.8, 4) is 17.2 Å². The van der Waals surface area contributed by atoms with Crippen LogP contribution >= 0.6 is 23.2 Å². The highest BCUT2D eigenvalue weighted by molar-refractivity contribution is 6.30. The number of ketones is 2. The van der Waals surface area contributed by atoms with Crippen LogP contribution in [-0.2, 0) is 10.3 Å². The molecule has 310 valence electrons. The largest absolute Gasteiger partial charge is 0.486 e. The maximum Gasteiger partial charge on any atom is 0.411 e. The molecular formula is C48H38Cl2F6O4. The fourth-order valence-electron chi connectivity index (χ4n) is 6.86. The van der Waals surface area contributed by atoms with E-state index in [4.69, 9.17) is 32.7 Å². The molecule has 12 heteroatoms. The van der Waals surface area contributed by atoms with Gasteiger partial charge >= 0.3 is 12.4 Å². The van der Waals surface area contributed by atoms with Crippen LogP contribution in [0.1, 0.15) is 93.8 Å². The molecule has 0 heterocycles. The standard InChI is InChI=1S/C48H38Cl2F6O4/c1-4-42(30-6-8-31(9-7-30)43(57)33-12-22-38(49)23-13-33)60-41-28-20-37(21-29-41)46(47(51,52)53,48(54,55)56)36-18-26-40(27-19-36)59-39-24-14-34(15-25-39)44(58)32-10-16-35(17-11-32)45(3,50)5-2/h6-29,42H,4-5H2,1-3H3. The third-order valence-electron chi connectivity index (χ3n) is 10.5. The minimum Gasteiger partial charge on any atom is -0.486 e. The highest BCUT2D eigenvalue weighted by Gasteiger charge is 2.72. The second-order valence-electron chi connectivity index (χ2n) is 14.4. The van der Waals surface area contributed by atoms with E-state index in [0.717, 1.165) is 54.1 Å². The summed E-state index contributed by atoms with van der Waals surface area (Å²) in [4.78, 5) is 25.4. The van der Waals surface area contributed by atoms with E-state index in [1.165, 1.54) is 24.3 Å². The Morgan fingerprint density at radius 3 is 1.28 bits per heavy atom. The van der Waals surface area contributed by atoms with Crippen LogP contribution in [0.2, 0.25) is 5.02 Å². The average Bonchev–Trinajstić information content (AvgIpc) is 3.23. The lowest BCUT2D eigenvalue weighted by molar-refractivity contribution is -0.288. The van der Waals surface area contributed by atoms with Gasteiger partial charge in [-0.2, -0.15) is 26.3 Å². The predicted molar refractivity (Wildman–Crippen MR) is 221 cm³/mol. The van der Waals surface area contributed by atoms with E-state index >= 15 is 0 Å². The number of rotatable bonds is 14. The molecule has 0 radical (unpaired) electrons. The molecule has 60 heavy (non-hydrogen) atoms. The Morgan fingerprint density at radius 1 is 0.533 bits per heavy atom. The zero-order valence-electron chi connectivity index (χ0n) is 32.5. The Hall–Kier alpha value is -5.58. The number of carbonyl (C=O) groups excluding carboxylic acids is 2. The van der Waals surface area contributed by atoms with Gasteiger partial charge < -0.3 is 9.47 Å². The van der Waals surface area contributed by atoms with Crippen LogP contribution in [0.3, 0.4) is 0 Å². The first-order chi connectivity index (χ1) is 28.4. The summed E-state index contributed by atoms with van der Waals surface area (Å²) >= 11 is 12.5. The van der Waals surface area contributed by atoms with Gasteiger partial charge in [0.2, 0.25) is 5.41 Å². The fraction of sp³-hybridized carbons (Fsp3) is 0.208. The van der Waals surface area contributed by atoms with Gasteiger partial charge in [0.25, 0.3) is 0 Å². The molecule has 0 fully saturated rings. The first kappa shape index (κ1) is 44.0. The molecular weight excluding hydrogens is 825 g/mol. The molecule has 0 spiro atoms. The molecule has 0 amide bonds. The highest BCUT2D eigenvalue weighted by atomic mass is 35.5. The first-order valence-corrected chi connectivity index (χ1v) is 19.7. The molecule has 2 unspecified atom stereocenters. The summed E-state index contributed by atoms with van der Waals surface area (Å²) in [6.45, 7) is 5.65. The van der Waals surface area contributed by atoms with Gasteiger partial charge in [-0.1, -0.05) is 98.2 Å². The van der Waals surface area contributed by atoms with Gasteiger partial charge in [0.15, 0.2) is 11.6 Å². The zero-order chi connectivity index (χ0) is 43.5. The van der Waals surface area contributed by atoms with Crippen molar-refractivity contribution in [2.24, 2.45) is 0 Å². The number of halogens is 8. The maximum atomic E-state index is 15.0. The molecule has 6 aromatic rings. The van der Waals surface area contributed by atoms with E-state index in [-0.39, 0.29) is 28.8 Å². The summed E-state index contributed by atoms with van der Waals surface area (Å²) in [6.07, 6.45) is -11.1. The second-order valence-corrected chi connectivity index (χ2v) is 15.6. The van der Waals surface area contributed by atoms with E-state index in [2.05, 4.69) is 0 Å². The average molecular weight is 864 g/mol. The lowest BCUT2D eigenvalue weighted by atomic mass is 9.73. The molecule has 6 aromatic carbocycles. The van der Waals surface area contributed by atoms with E-state index in [1.807, 2.05) is 13.8 Å².